The number of hydrogen-bond acceptors (Lipinski definition) is 5. The normalized spacial score (nSPS) is 36.8. The molecule has 5 nitrogen and oxygen atoms in total. The maximum Gasteiger partial charge on any atom is 0.296 e. The highest BCUT2D eigenvalue weighted by Gasteiger charge is 2.70. The van der Waals surface area contributed by atoms with Crippen LogP contribution >= 0.6 is 0 Å². The van der Waals surface area contributed by atoms with Crippen LogP contribution in [-0.4, -0.2) is 34.0 Å². The Morgan fingerprint density at radius 1 is 0.969 bits per heavy atom. The van der Waals surface area contributed by atoms with Crippen LogP contribution in [0.3, 0.4) is 0 Å². The molecule has 1 heterocycles. The van der Waals surface area contributed by atoms with Crippen LogP contribution in [0.1, 0.15) is 65.4 Å². The van der Waals surface area contributed by atoms with Gasteiger partial charge in [0.15, 0.2) is 5.79 Å². The van der Waals surface area contributed by atoms with E-state index in [2.05, 4.69) is 27.7 Å². The fourth-order valence-electron chi connectivity index (χ4n) is 7.05. The molecule has 3 aliphatic carbocycles. The molecule has 3 saturated carbocycles. The SMILES string of the molecule is Cc1ccc(S(=O)(=O)OC[C@@]23CC[C@@H]2C2(OCC(C)(C)CO2)[C@H]2CC(C)(C)C[C@H]2C3)cc1. The lowest BCUT2D eigenvalue weighted by Gasteiger charge is -2.65. The lowest BCUT2D eigenvalue weighted by Crippen LogP contribution is -2.68. The first-order valence-electron chi connectivity index (χ1n) is 12.1. The Hall–Kier alpha value is -0.950. The maximum atomic E-state index is 13.0. The fourth-order valence-corrected chi connectivity index (χ4v) is 8.04. The van der Waals surface area contributed by atoms with Gasteiger partial charge in [-0.05, 0) is 62.5 Å². The predicted molar refractivity (Wildman–Crippen MR) is 123 cm³/mol. The Kier molecular flexibility index (Phi) is 5.19. The van der Waals surface area contributed by atoms with Crippen molar-refractivity contribution in [3.05, 3.63) is 29.8 Å². The van der Waals surface area contributed by atoms with Crippen LogP contribution in [0.5, 0.6) is 0 Å². The second kappa shape index (κ2) is 7.27. The van der Waals surface area contributed by atoms with Gasteiger partial charge in [-0.25, -0.2) is 0 Å². The average Bonchev–Trinajstić information content (AvgIpc) is 3.01. The smallest absolute Gasteiger partial charge is 0.296 e. The third-order valence-electron chi connectivity index (χ3n) is 8.69. The lowest BCUT2D eigenvalue weighted by atomic mass is 9.47. The molecule has 0 unspecified atom stereocenters. The van der Waals surface area contributed by atoms with Crippen molar-refractivity contribution in [2.24, 2.45) is 34.0 Å². The van der Waals surface area contributed by atoms with Crippen LogP contribution in [0.2, 0.25) is 0 Å². The summed E-state index contributed by atoms with van der Waals surface area (Å²) in [6.07, 6.45) is 5.23. The van der Waals surface area contributed by atoms with Crippen LogP contribution in [0, 0.1) is 40.9 Å². The second-order valence-corrected chi connectivity index (χ2v) is 14.2. The van der Waals surface area contributed by atoms with Crippen LogP contribution in [0.4, 0.5) is 0 Å². The summed E-state index contributed by atoms with van der Waals surface area (Å²) in [6, 6.07) is 6.89. The van der Waals surface area contributed by atoms with E-state index in [1.807, 2.05) is 19.1 Å². The Morgan fingerprint density at radius 2 is 1.62 bits per heavy atom. The van der Waals surface area contributed by atoms with Gasteiger partial charge in [0.25, 0.3) is 10.1 Å². The molecule has 0 bridgehead atoms. The van der Waals surface area contributed by atoms with E-state index in [4.69, 9.17) is 13.7 Å². The van der Waals surface area contributed by atoms with E-state index in [1.165, 1.54) is 0 Å². The summed E-state index contributed by atoms with van der Waals surface area (Å²) >= 11 is 0. The first-order chi connectivity index (χ1) is 14.9. The minimum absolute atomic E-state index is 0.00397. The molecule has 0 amide bonds. The molecule has 32 heavy (non-hydrogen) atoms. The molecule has 4 aliphatic rings. The zero-order valence-corrected chi connectivity index (χ0v) is 21.0. The summed E-state index contributed by atoms with van der Waals surface area (Å²) in [6.45, 7) is 12.6. The van der Waals surface area contributed by atoms with E-state index in [9.17, 15) is 8.42 Å². The zero-order valence-electron chi connectivity index (χ0n) is 20.1. The number of hydrogen-bond donors (Lipinski definition) is 0. The minimum Gasteiger partial charge on any atom is -0.349 e. The molecule has 1 spiro atoms. The van der Waals surface area contributed by atoms with E-state index < -0.39 is 15.9 Å². The Balaban J connectivity index is 1.42. The van der Waals surface area contributed by atoms with Crippen molar-refractivity contribution >= 4 is 10.1 Å². The molecule has 0 aromatic heterocycles. The quantitative estimate of drug-likeness (QED) is 0.567. The molecule has 1 aromatic rings. The summed E-state index contributed by atoms with van der Waals surface area (Å²) in [5, 5.41) is 0. The van der Waals surface area contributed by atoms with Gasteiger partial charge in [-0.2, -0.15) is 8.42 Å². The maximum absolute atomic E-state index is 13.0. The Bertz CT molecular complexity index is 970. The second-order valence-electron chi connectivity index (χ2n) is 12.6. The Labute approximate surface area is 193 Å². The van der Waals surface area contributed by atoms with Crippen molar-refractivity contribution in [3.8, 4) is 0 Å². The van der Waals surface area contributed by atoms with Crippen molar-refractivity contribution in [1.29, 1.82) is 0 Å². The van der Waals surface area contributed by atoms with Crippen molar-refractivity contribution < 1.29 is 22.1 Å². The summed E-state index contributed by atoms with van der Waals surface area (Å²) in [5.41, 5.74) is 1.09. The van der Waals surface area contributed by atoms with E-state index in [0.717, 1.165) is 37.7 Å². The van der Waals surface area contributed by atoms with E-state index in [-0.39, 0.29) is 33.7 Å². The van der Waals surface area contributed by atoms with Crippen molar-refractivity contribution in [2.45, 2.75) is 77.4 Å². The molecular formula is C26H38O5S. The van der Waals surface area contributed by atoms with Gasteiger partial charge in [0, 0.05) is 22.7 Å². The van der Waals surface area contributed by atoms with Gasteiger partial charge in [-0.3, -0.25) is 4.18 Å². The first-order valence-corrected chi connectivity index (χ1v) is 13.5. The predicted octanol–water partition coefficient (Wildman–Crippen LogP) is 5.32. The third kappa shape index (κ3) is 3.66. The van der Waals surface area contributed by atoms with Gasteiger partial charge in [0.05, 0.1) is 24.7 Å². The van der Waals surface area contributed by atoms with Crippen molar-refractivity contribution in [1.82, 2.24) is 0 Å². The molecule has 0 N–H and O–H groups in total. The molecule has 1 saturated heterocycles. The number of aryl methyl sites for hydroxylation is 1. The van der Waals surface area contributed by atoms with Crippen LogP contribution in [0.25, 0.3) is 0 Å². The molecule has 4 atom stereocenters. The average molecular weight is 463 g/mol. The minimum atomic E-state index is -3.79. The lowest BCUT2D eigenvalue weighted by molar-refractivity contribution is -0.395. The molecule has 4 fully saturated rings. The summed E-state index contributed by atoms with van der Waals surface area (Å²) in [4.78, 5) is 0.229. The van der Waals surface area contributed by atoms with Gasteiger partial charge in [0.1, 0.15) is 0 Å². The molecule has 1 aromatic carbocycles. The van der Waals surface area contributed by atoms with E-state index >= 15 is 0 Å². The van der Waals surface area contributed by atoms with Gasteiger partial charge in [-0.1, -0.05) is 45.4 Å². The summed E-state index contributed by atoms with van der Waals surface area (Å²) < 4.78 is 45.1. The van der Waals surface area contributed by atoms with Crippen molar-refractivity contribution in [2.75, 3.05) is 19.8 Å². The summed E-state index contributed by atoms with van der Waals surface area (Å²) in [5.74, 6) is 0.449. The molecule has 1 aliphatic heterocycles. The van der Waals surface area contributed by atoms with Gasteiger partial charge >= 0.3 is 0 Å². The number of ether oxygens (including phenoxy) is 2. The van der Waals surface area contributed by atoms with Crippen LogP contribution in [0.15, 0.2) is 29.2 Å². The van der Waals surface area contributed by atoms with Gasteiger partial charge < -0.3 is 9.47 Å². The summed E-state index contributed by atoms with van der Waals surface area (Å²) in [7, 11) is -3.79. The van der Waals surface area contributed by atoms with E-state index in [0.29, 0.717) is 25.0 Å². The first kappa shape index (κ1) is 22.8. The fraction of sp³-hybridized carbons (Fsp3) is 0.769. The van der Waals surface area contributed by atoms with Gasteiger partial charge in [0.2, 0.25) is 0 Å². The van der Waals surface area contributed by atoms with E-state index in [1.54, 1.807) is 12.1 Å². The Morgan fingerprint density at radius 3 is 2.22 bits per heavy atom. The molecule has 6 heteroatoms. The molecule has 178 valence electrons. The number of fused-ring (bicyclic) bond motifs is 4. The zero-order chi connectivity index (χ0) is 23.0. The molecular weight excluding hydrogens is 424 g/mol. The van der Waals surface area contributed by atoms with Crippen molar-refractivity contribution in [3.63, 3.8) is 0 Å². The van der Waals surface area contributed by atoms with Crippen LogP contribution in [-0.2, 0) is 23.8 Å². The number of benzene rings is 1. The number of rotatable bonds is 4. The van der Waals surface area contributed by atoms with Crippen LogP contribution < -0.4 is 0 Å². The van der Waals surface area contributed by atoms with Gasteiger partial charge in [-0.15, -0.1) is 0 Å². The standard InChI is InChI=1S/C26H38O5S/c1-18-6-8-20(9-7-18)32(27,28)31-17-25-11-10-22(25)26(29-15-24(4,5)16-30-26)21-14-23(2,3)12-19(21)13-25/h6-9,19,21-22H,10-17H2,1-5H3/t19-,21-,22-,25-/m0/s1. The molecule has 5 rings (SSSR count). The highest BCUT2D eigenvalue weighted by atomic mass is 32.2. The largest absolute Gasteiger partial charge is 0.349 e. The topological polar surface area (TPSA) is 61.8 Å². The highest BCUT2D eigenvalue weighted by Crippen LogP contribution is 2.69. The molecule has 0 radical (unpaired) electrons. The monoisotopic (exact) mass is 462 g/mol. The highest BCUT2D eigenvalue weighted by molar-refractivity contribution is 7.86. The third-order valence-corrected chi connectivity index (χ3v) is 9.96.